The van der Waals surface area contributed by atoms with E-state index in [1.165, 1.54) is 0 Å². The van der Waals surface area contributed by atoms with E-state index in [0.29, 0.717) is 6.42 Å². The average Bonchev–Trinajstić information content (AvgIpc) is 2.83. The van der Waals surface area contributed by atoms with Crippen LogP contribution in [-0.2, 0) is 4.79 Å². The van der Waals surface area contributed by atoms with Gasteiger partial charge >= 0.3 is 0 Å². The van der Waals surface area contributed by atoms with Crippen molar-refractivity contribution in [3.63, 3.8) is 0 Å². The lowest BCUT2D eigenvalue weighted by molar-refractivity contribution is -0.130. The summed E-state index contributed by atoms with van der Waals surface area (Å²) in [6.45, 7) is 1.77. The van der Waals surface area contributed by atoms with Crippen LogP contribution in [0.3, 0.4) is 0 Å². The molecule has 0 spiro atoms. The number of hydrogen-bond donors (Lipinski definition) is 1. The Bertz CT molecular complexity index is 347. The smallest absolute Gasteiger partial charge is 0.224 e. The van der Waals surface area contributed by atoms with Gasteiger partial charge in [0.05, 0.1) is 0 Å². The van der Waals surface area contributed by atoms with Crippen molar-refractivity contribution in [1.29, 1.82) is 0 Å². The second-order valence-corrected chi connectivity index (χ2v) is 4.18. The van der Waals surface area contributed by atoms with Gasteiger partial charge in [-0.25, -0.2) is 0 Å². The van der Waals surface area contributed by atoms with Crippen molar-refractivity contribution in [2.75, 3.05) is 13.1 Å². The van der Waals surface area contributed by atoms with Crippen LogP contribution >= 0.6 is 0 Å². The maximum Gasteiger partial charge on any atom is 0.224 e. The maximum atomic E-state index is 11.9. The first kappa shape index (κ1) is 11.1. The van der Waals surface area contributed by atoms with E-state index in [4.69, 9.17) is 5.73 Å². The van der Waals surface area contributed by atoms with Crippen molar-refractivity contribution in [3.8, 4) is 0 Å². The molecule has 4 nitrogen and oxygen atoms in total. The first-order valence-electron chi connectivity index (χ1n) is 5.70. The van der Waals surface area contributed by atoms with Crippen molar-refractivity contribution in [2.45, 2.75) is 25.3 Å². The molecule has 2 N–H and O–H groups in total. The fourth-order valence-corrected chi connectivity index (χ4v) is 2.00. The molecule has 86 valence electrons. The third-order valence-electron chi connectivity index (χ3n) is 2.97. The zero-order valence-corrected chi connectivity index (χ0v) is 9.30. The third kappa shape index (κ3) is 2.58. The summed E-state index contributed by atoms with van der Waals surface area (Å²) >= 11 is 0. The maximum absolute atomic E-state index is 11.9. The minimum Gasteiger partial charge on any atom is -0.343 e. The van der Waals surface area contributed by atoms with Crippen molar-refractivity contribution in [3.05, 3.63) is 30.1 Å². The highest BCUT2D eigenvalue weighted by molar-refractivity contribution is 5.77. The number of aromatic nitrogens is 1. The molecule has 0 radical (unpaired) electrons. The van der Waals surface area contributed by atoms with Crippen LogP contribution < -0.4 is 5.73 Å². The minimum atomic E-state index is -0.234. The molecule has 16 heavy (non-hydrogen) atoms. The van der Waals surface area contributed by atoms with Gasteiger partial charge in [-0.3, -0.25) is 9.78 Å². The molecule has 2 heterocycles. The fourth-order valence-electron chi connectivity index (χ4n) is 2.00. The highest BCUT2D eigenvalue weighted by Crippen LogP contribution is 2.16. The second-order valence-electron chi connectivity index (χ2n) is 4.18. The summed E-state index contributed by atoms with van der Waals surface area (Å²) in [5, 5.41) is 0. The molecule has 1 aromatic heterocycles. The van der Waals surface area contributed by atoms with Gasteiger partial charge in [0.2, 0.25) is 5.91 Å². The number of nitrogens with two attached hydrogens (primary N) is 1. The van der Waals surface area contributed by atoms with Gasteiger partial charge < -0.3 is 10.6 Å². The van der Waals surface area contributed by atoms with E-state index in [1.54, 1.807) is 12.4 Å². The molecule has 1 amide bonds. The summed E-state index contributed by atoms with van der Waals surface area (Å²) in [5.41, 5.74) is 6.90. The van der Waals surface area contributed by atoms with Gasteiger partial charge in [-0.2, -0.15) is 0 Å². The summed E-state index contributed by atoms with van der Waals surface area (Å²) in [5.74, 6) is 0.161. The number of pyridine rings is 1. The van der Waals surface area contributed by atoms with Crippen LogP contribution in [0.2, 0.25) is 0 Å². The molecule has 0 bridgehead atoms. The number of hydrogen-bond acceptors (Lipinski definition) is 3. The summed E-state index contributed by atoms with van der Waals surface area (Å²) in [6.07, 6.45) is 6.05. The molecule has 1 saturated heterocycles. The summed E-state index contributed by atoms with van der Waals surface area (Å²) in [6, 6.07) is 3.52. The van der Waals surface area contributed by atoms with Crippen LogP contribution in [0.4, 0.5) is 0 Å². The van der Waals surface area contributed by atoms with Crippen LogP contribution in [-0.4, -0.2) is 28.9 Å². The molecule has 1 aliphatic rings. The van der Waals surface area contributed by atoms with Gasteiger partial charge in [0.25, 0.3) is 0 Å². The number of likely N-dealkylation sites (tertiary alicyclic amines) is 1. The van der Waals surface area contributed by atoms with E-state index in [0.717, 1.165) is 31.5 Å². The predicted octanol–water partition coefficient (Wildman–Crippen LogP) is 1.09. The van der Waals surface area contributed by atoms with E-state index in [1.807, 2.05) is 17.0 Å². The van der Waals surface area contributed by atoms with Crippen molar-refractivity contribution in [1.82, 2.24) is 9.88 Å². The van der Waals surface area contributed by atoms with Crippen LogP contribution in [0, 0.1) is 0 Å². The van der Waals surface area contributed by atoms with Gasteiger partial charge in [0.1, 0.15) is 0 Å². The van der Waals surface area contributed by atoms with E-state index >= 15 is 0 Å². The Morgan fingerprint density at radius 3 is 2.88 bits per heavy atom. The molecule has 1 aliphatic heterocycles. The monoisotopic (exact) mass is 219 g/mol. The fraction of sp³-hybridized carbons (Fsp3) is 0.500. The van der Waals surface area contributed by atoms with Crippen LogP contribution in [0.1, 0.15) is 30.9 Å². The Balaban J connectivity index is 1.92. The van der Waals surface area contributed by atoms with Crippen molar-refractivity contribution < 1.29 is 4.79 Å². The highest BCUT2D eigenvalue weighted by Gasteiger charge is 2.20. The Labute approximate surface area is 95.5 Å². The van der Waals surface area contributed by atoms with E-state index in [9.17, 15) is 4.79 Å². The molecular weight excluding hydrogens is 202 g/mol. The Morgan fingerprint density at radius 2 is 2.25 bits per heavy atom. The first-order chi connectivity index (χ1) is 7.77. The van der Waals surface area contributed by atoms with Crippen LogP contribution in [0.25, 0.3) is 0 Å². The molecule has 0 saturated carbocycles. The standard InChI is InChI=1S/C12H17N3O/c13-11(10-4-3-5-14-9-10)8-12(16)15-6-1-2-7-15/h3-5,9,11H,1-2,6-8,13H2. The van der Waals surface area contributed by atoms with Crippen molar-refractivity contribution in [2.24, 2.45) is 5.73 Å². The lowest BCUT2D eigenvalue weighted by Gasteiger charge is -2.18. The van der Waals surface area contributed by atoms with Gasteiger partial charge in [-0.1, -0.05) is 6.07 Å². The Kier molecular flexibility index (Phi) is 3.51. The minimum absolute atomic E-state index is 0.161. The molecule has 1 unspecified atom stereocenters. The largest absolute Gasteiger partial charge is 0.343 e. The third-order valence-corrected chi connectivity index (χ3v) is 2.97. The second kappa shape index (κ2) is 5.07. The molecule has 1 fully saturated rings. The van der Waals surface area contributed by atoms with E-state index in [-0.39, 0.29) is 11.9 Å². The normalized spacial score (nSPS) is 17.4. The zero-order valence-electron chi connectivity index (χ0n) is 9.30. The van der Waals surface area contributed by atoms with Crippen molar-refractivity contribution >= 4 is 5.91 Å². The lowest BCUT2D eigenvalue weighted by atomic mass is 10.1. The summed E-state index contributed by atoms with van der Waals surface area (Å²) in [4.78, 5) is 17.8. The predicted molar refractivity (Wildman–Crippen MR) is 61.6 cm³/mol. The topological polar surface area (TPSA) is 59.2 Å². The highest BCUT2D eigenvalue weighted by atomic mass is 16.2. The number of amides is 1. The lowest BCUT2D eigenvalue weighted by Crippen LogP contribution is -2.30. The quantitative estimate of drug-likeness (QED) is 0.828. The molecule has 0 aliphatic carbocycles. The van der Waals surface area contributed by atoms with Crippen LogP contribution in [0.5, 0.6) is 0 Å². The average molecular weight is 219 g/mol. The number of rotatable bonds is 3. The molecule has 1 aromatic rings. The molecule has 4 heteroatoms. The molecule has 1 atom stereocenters. The van der Waals surface area contributed by atoms with Gasteiger partial charge in [0, 0.05) is 37.9 Å². The summed E-state index contributed by atoms with van der Waals surface area (Å²) < 4.78 is 0. The van der Waals surface area contributed by atoms with Gasteiger partial charge in [0.15, 0.2) is 0 Å². The van der Waals surface area contributed by atoms with Gasteiger partial charge in [-0.05, 0) is 24.5 Å². The summed E-state index contributed by atoms with van der Waals surface area (Å²) in [7, 11) is 0. The number of carbonyl (C=O) groups is 1. The Morgan fingerprint density at radius 1 is 1.50 bits per heavy atom. The first-order valence-corrected chi connectivity index (χ1v) is 5.70. The van der Waals surface area contributed by atoms with E-state index < -0.39 is 0 Å². The molecular formula is C12H17N3O. The number of carbonyl (C=O) groups excluding carboxylic acids is 1. The SMILES string of the molecule is NC(CC(=O)N1CCCC1)c1cccnc1. The zero-order chi connectivity index (χ0) is 11.4. The van der Waals surface area contributed by atoms with Gasteiger partial charge in [-0.15, -0.1) is 0 Å². The molecule has 2 rings (SSSR count). The molecule has 0 aromatic carbocycles. The van der Waals surface area contributed by atoms with Crippen LogP contribution in [0.15, 0.2) is 24.5 Å². The van der Waals surface area contributed by atoms with E-state index in [2.05, 4.69) is 4.98 Å². The number of nitrogens with zero attached hydrogens (tertiary/aromatic N) is 2. The Hall–Kier alpha value is -1.42.